The van der Waals surface area contributed by atoms with E-state index in [9.17, 15) is 19.2 Å². The molecule has 0 bridgehead atoms. The van der Waals surface area contributed by atoms with Crippen molar-refractivity contribution in [2.24, 2.45) is 0 Å². The van der Waals surface area contributed by atoms with Crippen LogP contribution in [0.2, 0.25) is 0 Å². The molecule has 8 nitrogen and oxygen atoms in total. The van der Waals surface area contributed by atoms with Crippen molar-refractivity contribution in [3.63, 3.8) is 0 Å². The lowest BCUT2D eigenvalue weighted by atomic mass is 10.1. The average molecular weight is 402 g/mol. The van der Waals surface area contributed by atoms with Gasteiger partial charge in [0, 0.05) is 34.6 Å². The molecule has 0 saturated heterocycles. The van der Waals surface area contributed by atoms with Gasteiger partial charge >= 0.3 is 11.4 Å². The van der Waals surface area contributed by atoms with Gasteiger partial charge < -0.3 is 0 Å². The summed E-state index contributed by atoms with van der Waals surface area (Å²) in [5.74, 6) is 11.8. The molecule has 1 aromatic carbocycles. The maximum atomic E-state index is 11.8. The molecule has 0 aliphatic carbocycles. The molecule has 0 aliphatic heterocycles. The Balaban J connectivity index is 1.82. The maximum absolute atomic E-state index is 11.8. The van der Waals surface area contributed by atoms with Crippen molar-refractivity contribution in [2.75, 3.05) is 0 Å². The number of hydrogen-bond donors (Lipinski definition) is 2. The lowest BCUT2D eigenvalue weighted by Crippen LogP contribution is -2.30. The van der Waals surface area contributed by atoms with E-state index in [1.165, 1.54) is 21.5 Å². The van der Waals surface area contributed by atoms with Gasteiger partial charge in [-0.3, -0.25) is 28.7 Å². The molecule has 3 rings (SSSR count). The summed E-state index contributed by atoms with van der Waals surface area (Å²) in [4.78, 5) is 51.0. The van der Waals surface area contributed by atoms with Crippen molar-refractivity contribution in [3.05, 3.63) is 101 Å². The third-order valence-corrected chi connectivity index (χ3v) is 4.25. The molecule has 0 aliphatic rings. The van der Waals surface area contributed by atoms with Crippen LogP contribution < -0.4 is 22.5 Å². The van der Waals surface area contributed by atoms with E-state index in [1.807, 2.05) is 12.1 Å². The summed E-state index contributed by atoms with van der Waals surface area (Å²) in [5, 5.41) is 0. The topological polar surface area (TPSA) is 110 Å². The van der Waals surface area contributed by atoms with Gasteiger partial charge in [-0.05, 0) is 26.0 Å². The van der Waals surface area contributed by atoms with E-state index in [4.69, 9.17) is 0 Å². The van der Waals surface area contributed by atoms with Gasteiger partial charge in [0.2, 0.25) is 0 Å². The van der Waals surface area contributed by atoms with Crippen molar-refractivity contribution in [3.8, 4) is 23.7 Å². The van der Waals surface area contributed by atoms with Crippen molar-refractivity contribution < 1.29 is 0 Å². The number of benzene rings is 1. The molecule has 2 N–H and O–H groups in total. The molecule has 0 unspecified atom stereocenters. The first kappa shape index (κ1) is 20.4. The van der Waals surface area contributed by atoms with Crippen LogP contribution in [0.3, 0.4) is 0 Å². The van der Waals surface area contributed by atoms with Crippen LogP contribution in [0, 0.1) is 37.5 Å². The van der Waals surface area contributed by atoms with Crippen molar-refractivity contribution >= 4 is 0 Å². The second-order valence-corrected chi connectivity index (χ2v) is 6.55. The lowest BCUT2D eigenvalue weighted by molar-refractivity contribution is 0.741. The minimum Gasteiger partial charge on any atom is -0.289 e. The molecular weight excluding hydrogens is 384 g/mol. The highest BCUT2D eigenvalue weighted by Gasteiger charge is 2.00. The number of hydrogen-bond acceptors (Lipinski definition) is 4. The summed E-state index contributed by atoms with van der Waals surface area (Å²) >= 11 is 0. The molecule has 0 spiro atoms. The molecule has 3 aromatic rings. The molecule has 0 amide bonds. The zero-order valence-corrected chi connectivity index (χ0v) is 16.4. The Labute approximate surface area is 170 Å². The predicted octanol–water partition coefficient (Wildman–Crippen LogP) is 0.107. The third kappa shape index (κ3) is 4.75. The Kier molecular flexibility index (Phi) is 6.00. The molecule has 30 heavy (non-hydrogen) atoms. The second kappa shape index (κ2) is 8.80. The highest BCUT2D eigenvalue weighted by atomic mass is 16.2. The summed E-state index contributed by atoms with van der Waals surface area (Å²) in [6.07, 6.45) is 2.93. The zero-order valence-electron chi connectivity index (χ0n) is 16.4. The van der Waals surface area contributed by atoms with Gasteiger partial charge in [-0.25, -0.2) is 9.59 Å². The molecule has 2 heterocycles. The highest BCUT2D eigenvalue weighted by Crippen LogP contribution is 2.05. The molecule has 8 heteroatoms. The SMILES string of the molecule is Cc1cn(CC#Cc2ccccc2C#CCn2cc(C)c(=O)[nH]c2=O)c(=O)[nH]c1=O. The van der Waals surface area contributed by atoms with E-state index >= 15 is 0 Å². The van der Waals surface area contributed by atoms with E-state index in [0.29, 0.717) is 22.3 Å². The molecule has 0 atom stereocenters. The molecule has 2 aromatic heterocycles. The van der Waals surface area contributed by atoms with E-state index < -0.39 is 22.5 Å². The van der Waals surface area contributed by atoms with Gasteiger partial charge in [0.05, 0.1) is 13.1 Å². The summed E-state index contributed by atoms with van der Waals surface area (Å²) < 4.78 is 2.64. The van der Waals surface area contributed by atoms with Crippen LogP contribution in [-0.2, 0) is 13.1 Å². The monoisotopic (exact) mass is 402 g/mol. The smallest absolute Gasteiger partial charge is 0.289 e. The number of aromatic amines is 2. The molecule has 150 valence electrons. The van der Waals surface area contributed by atoms with E-state index in [1.54, 1.807) is 26.0 Å². The first-order valence-electron chi connectivity index (χ1n) is 9.02. The van der Waals surface area contributed by atoms with Gasteiger partial charge in [-0.15, -0.1) is 0 Å². The fourth-order valence-corrected chi connectivity index (χ4v) is 2.61. The quantitative estimate of drug-likeness (QED) is 0.593. The Morgan fingerprint density at radius 1 is 0.733 bits per heavy atom. The van der Waals surface area contributed by atoms with Crippen LogP contribution in [0.4, 0.5) is 0 Å². The predicted molar refractivity (Wildman–Crippen MR) is 112 cm³/mol. The van der Waals surface area contributed by atoms with Crippen LogP contribution in [-0.4, -0.2) is 19.1 Å². The van der Waals surface area contributed by atoms with Gasteiger partial charge in [-0.1, -0.05) is 35.8 Å². The minimum atomic E-state index is -0.519. The average Bonchev–Trinajstić information content (AvgIpc) is 2.70. The van der Waals surface area contributed by atoms with Crippen LogP contribution in [0.25, 0.3) is 0 Å². The number of aromatic nitrogens is 4. The Morgan fingerprint density at radius 2 is 1.13 bits per heavy atom. The van der Waals surface area contributed by atoms with Crippen LogP contribution >= 0.6 is 0 Å². The van der Waals surface area contributed by atoms with Crippen LogP contribution in [0.15, 0.2) is 55.8 Å². The van der Waals surface area contributed by atoms with Crippen LogP contribution in [0.5, 0.6) is 0 Å². The largest absolute Gasteiger partial charge is 0.329 e. The number of aryl methyl sites for hydroxylation is 2. The lowest BCUT2D eigenvalue weighted by Gasteiger charge is -2.01. The summed E-state index contributed by atoms with van der Waals surface area (Å²) in [6.45, 7) is 3.46. The minimum absolute atomic E-state index is 0.115. The fraction of sp³-hybridized carbons (Fsp3) is 0.182. The number of rotatable bonds is 2. The standard InChI is InChI=1S/C22H18N4O4/c1-15-13-25(21(29)23-19(15)27)11-5-9-17-7-3-4-8-18(17)10-6-12-26-14-16(2)20(28)24-22(26)30/h3-4,7-8,13-14H,11-12H2,1-2H3,(H,23,27,29)(H,24,28,30). The first-order valence-corrected chi connectivity index (χ1v) is 9.02. The Bertz CT molecular complexity index is 1350. The van der Waals surface area contributed by atoms with E-state index in [2.05, 4.69) is 33.6 Å². The summed E-state index contributed by atoms with van der Waals surface area (Å²) in [6, 6.07) is 7.24. The zero-order chi connectivity index (χ0) is 21.7. The maximum Gasteiger partial charge on any atom is 0.329 e. The molecule has 0 radical (unpaired) electrons. The number of H-pyrrole nitrogens is 2. The third-order valence-electron chi connectivity index (χ3n) is 4.25. The van der Waals surface area contributed by atoms with E-state index in [-0.39, 0.29) is 13.1 Å². The molecule has 0 saturated carbocycles. The normalized spacial score (nSPS) is 9.93. The summed E-state index contributed by atoms with van der Waals surface area (Å²) in [5.41, 5.74) is 0.326. The van der Waals surface area contributed by atoms with Crippen LogP contribution in [0.1, 0.15) is 22.3 Å². The molecular formula is C22H18N4O4. The van der Waals surface area contributed by atoms with Gasteiger partial charge in [0.25, 0.3) is 11.1 Å². The van der Waals surface area contributed by atoms with Crippen molar-refractivity contribution in [1.82, 2.24) is 19.1 Å². The van der Waals surface area contributed by atoms with Gasteiger partial charge in [-0.2, -0.15) is 0 Å². The van der Waals surface area contributed by atoms with Crippen molar-refractivity contribution in [1.29, 1.82) is 0 Å². The Morgan fingerprint density at radius 3 is 1.53 bits per heavy atom. The number of nitrogens with zero attached hydrogens (tertiary/aromatic N) is 2. The van der Waals surface area contributed by atoms with Crippen molar-refractivity contribution in [2.45, 2.75) is 26.9 Å². The number of nitrogens with one attached hydrogen (secondary N) is 2. The van der Waals surface area contributed by atoms with Gasteiger partial charge in [0.1, 0.15) is 0 Å². The Hall–Kier alpha value is -4.30. The highest BCUT2D eigenvalue weighted by molar-refractivity contribution is 5.50. The van der Waals surface area contributed by atoms with Gasteiger partial charge in [0.15, 0.2) is 0 Å². The first-order chi connectivity index (χ1) is 14.3. The van der Waals surface area contributed by atoms with E-state index in [0.717, 1.165) is 0 Å². The fourth-order valence-electron chi connectivity index (χ4n) is 2.61. The molecule has 0 fully saturated rings. The summed E-state index contributed by atoms with van der Waals surface area (Å²) in [7, 11) is 0. The second-order valence-electron chi connectivity index (χ2n) is 6.55.